The van der Waals surface area contributed by atoms with E-state index in [1.54, 1.807) is 4.67 Å². The Labute approximate surface area is 143 Å². The van der Waals surface area contributed by atoms with E-state index < -0.39 is 7.75 Å². The Balaban J connectivity index is 5.06. The highest BCUT2D eigenvalue weighted by molar-refractivity contribution is 7.51. The topological polar surface area (TPSA) is 42.0 Å². The minimum Gasteiger partial charge on any atom is -0.295 e. The van der Waals surface area contributed by atoms with Gasteiger partial charge in [0.2, 0.25) is 0 Å². The molecule has 0 aliphatic heterocycles. The van der Waals surface area contributed by atoms with Gasteiger partial charge in [-0.15, -0.1) is 34.8 Å². The van der Waals surface area contributed by atoms with Crippen LogP contribution >= 0.6 is 42.5 Å². The average Bonchev–Trinajstić information content (AvgIpc) is 2.46. The molecular formula is C12H26Cl3N2O3P. The summed E-state index contributed by atoms with van der Waals surface area (Å²) < 4.78 is 25.8. The molecule has 0 aliphatic rings. The molecule has 128 valence electrons. The van der Waals surface area contributed by atoms with Crippen LogP contribution in [-0.2, 0) is 13.6 Å². The Kier molecular flexibility index (Phi) is 12.9. The maximum absolute atomic E-state index is 13.1. The zero-order chi connectivity index (χ0) is 16.3. The second-order valence-corrected chi connectivity index (χ2v) is 7.35. The van der Waals surface area contributed by atoms with Crippen molar-refractivity contribution in [2.45, 2.75) is 27.0 Å². The molecule has 0 aromatic heterocycles. The normalized spacial score (nSPS) is 16.4. The van der Waals surface area contributed by atoms with Crippen LogP contribution in [0.4, 0.5) is 0 Å². The Morgan fingerprint density at radius 1 is 1.05 bits per heavy atom. The highest BCUT2D eigenvalue weighted by atomic mass is 35.5. The first kappa shape index (κ1) is 21.9. The van der Waals surface area contributed by atoms with Crippen molar-refractivity contribution in [1.29, 1.82) is 0 Å². The van der Waals surface area contributed by atoms with Crippen molar-refractivity contribution in [3.63, 3.8) is 0 Å². The molecule has 0 spiro atoms. The minimum absolute atomic E-state index is 0.144. The van der Waals surface area contributed by atoms with Gasteiger partial charge in [-0.1, -0.05) is 13.8 Å². The lowest BCUT2D eigenvalue weighted by atomic mass is 10.5. The second-order valence-electron chi connectivity index (χ2n) is 4.25. The van der Waals surface area contributed by atoms with E-state index in [1.165, 1.54) is 0 Å². The molecule has 0 amide bonds. The molecule has 0 rings (SSSR count). The molecule has 2 unspecified atom stereocenters. The van der Waals surface area contributed by atoms with Gasteiger partial charge in [0.25, 0.3) is 0 Å². The van der Waals surface area contributed by atoms with Crippen LogP contribution in [0.1, 0.15) is 20.8 Å². The lowest BCUT2D eigenvalue weighted by molar-refractivity contribution is 0.0197. The predicted octanol–water partition coefficient (Wildman–Crippen LogP) is 3.83. The van der Waals surface area contributed by atoms with E-state index in [1.807, 2.05) is 25.7 Å². The van der Waals surface area contributed by atoms with Crippen LogP contribution in [0.15, 0.2) is 0 Å². The summed E-state index contributed by atoms with van der Waals surface area (Å²) in [5, 5.41) is 0. The predicted molar refractivity (Wildman–Crippen MR) is 90.8 cm³/mol. The second kappa shape index (κ2) is 12.4. The Morgan fingerprint density at radius 3 is 1.95 bits per heavy atom. The summed E-state index contributed by atoms with van der Waals surface area (Å²) in [6.07, 6.45) is -0.339. The summed E-state index contributed by atoms with van der Waals surface area (Å²) >= 11 is 17.2. The quantitative estimate of drug-likeness (QED) is 0.275. The number of rotatable bonds is 13. The molecule has 0 N–H and O–H groups in total. The fourth-order valence-electron chi connectivity index (χ4n) is 1.88. The van der Waals surface area contributed by atoms with Gasteiger partial charge in [0, 0.05) is 30.7 Å². The van der Waals surface area contributed by atoms with E-state index in [4.69, 9.17) is 43.9 Å². The van der Waals surface area contributed by atoms with Crippen molar-refractivity contribution in [3.8, 4) is 0 Å². The van der Waals surface area contributed by atoms with E-state index in [0.717, 1.165) is 13.1 Å². The van der Waals surface area contributed by atoms with Gasteiger partial charge in [-0.2, -0.15) is 0 Å². The summed E-state index contributed by atoms with van der Waals surface area (Å²) in [4.78, 5) is 2.04. The Bertz CT molecular complexity index is 303. The number of hydrogen-bond donors (Lipinski definition) is 0. The third-order valence-corrected chi connectivity index (χ3v) is 5.64. The SMILES string of the molecule is CCN(CC)C(C)OP(=O)(OCCCl)N(CCCl)CCCl. The molecule has 0 saturated heterocycles. The summed E-state index contributed by atoms with van der Waals surface area (Å²) in [5.41, 5.74) is 0. The van der Waals surface area contributed by atoms with Gasteiger partial charge in [-0.3, -0.25) is 13.9 Å². The van der Waals surface area contributed by atoms with Crippen molar-refractivity contribution in [2.75, 3.05) is 50.4 Å². The van der Waals surface area contributed by atoms with Crippen LogP contribution in [0.25, 0.3) is 0 Å². The maximum Gasteiger partial charge on any atom is 0.409 e. The number of hydrogen-bond acceptors (Lipinski definition) is 4. The van der Waals surface area contributed by atoms with Gasteiger partial charge in [0.15, 0.2) is 0 Å². The molecule has 5 nitrogen and oxygen atoms in total. The van der Waals surface area contributed by atoms with Crippen molar-refractivity contribution in [2.24, 2.45) is 0 Å². The number of halogens is 3. The molecule has 0 aromatic rings. The van der Waals surface area contributed by atoms with Gasteiger partial charge < -0.3 is 0 Å². The van der Waals surface area contributed by atoms with Crippen molar-refractivity contribution in [1.82, 2.24) is 9.57 Å². The van der Waals surface area contributed by atoms with Crippen LogP contribution in [0.3, 0.4) is 0 Å². The fourth-order valence-corrected chi connectivity index (χ4v) is 4.59. The molecule has 0 saturated carbocycles. The zero-order valence-electron chi connectivity index (χ0n) is 12.9. The molecule has 0 aromatic carbocycles. The largest absolute Gasteiger partial charge is 0.409 e. The van der Waals surface area contributed by atoms with Crippen LogP contribution < -0.4 is 0 Å². The first-order valence-corrected chi connectivity index (χ1v) is 10.2. The standard InChI is InChI=1S/C12H26Cl3N2O3P/c1-4-16(5-2)12(3)20-21(18,19-11-8-15)17(9-6-13)10-7-14/h12H,4-11H2,1-3H3. The van der Waals surface area contributed by atoms with E-state index in [0.29, 0.717) is 24.8 Å². The van der Waals surface area contributed by atoms with Gasteiger partial charge in [-0.25, -0.2) is 9.24 Å². The summed E-state index contributed by atoms with van der Waals surface area (Å²) in [6, 6.07) is 0. The van der Waals surface area contributed by atoms with Crippen LogP contribution in [0, 0.1) is 0 Å². The van der Waals surface area contributed by atoms with E-state index >= 15 is 0 Å². The maximum atomic E-state index is 13.1. The molecule has 0 fully saturated rings. The zero-order valence-corrected chi connectivity index (χ0v) is 16.1. The Hall–Kier alpha value is 0.940. The lowest BCUT2D eigenvalue weighted by Gasteiger charge is -2.34. The first-order chi connectivity index (χ1) is 9.98. The molecule has 0 bridgehead atoms. The van der Waals surface area contributed by atoms with Crippen LogP contribution in [0.5, 0.6) is 0 Å². The highest BCUT2D eigenvalue weighted by Crippen LogP contribution is 2.53. The molecule has 0 aliphatic carbocycles. The van der Waals surface area contributed by atoms with E-state index in [-0.39, 0.29) is 18.7 Å². The smallest absolute Gasteiger partial charge is 0.295 e. The fraction of sp³-hybridized carbons (Fsp3) is 1.00. The van der Waals surface area contributed by atoms with Gasteiger partial charge in [-0.05, 0) is 20.0 Å². The van der Waals surface area contributed by atoms with Crippen LogP contribution in [-0.4, -0.2) is 66.2 Å². The van der Waals surface area contributed by atoms with E-state index in [2.05, 4.69) is 0 Å². The molecule has 21 heavy (non-hydrogen) atoms. The van der Waals surface area contributed by atoms with Gasteiger partial charge in [0.05, 0.1) is 6.61 Å². The third kappa shape index (κ3) is 7.85. The van der Waals surface area contributed by atoms with Crippen molar-refractivity contribution < 1.29 is 13.6 Å². The molecule has 2 atom stereocenters. The summed E-state index contributed by atoms with van der Waals surface area (Å²) in [5.74, 6) is 0.866. The number of nitrogens with zero attached hydrogens (tertiary/aromatic N) is 2. The number of alkyl halides is 3. The molecule has 0 heterocycles. The van der Waals surface area contributed by atoms with E-state index in [9.17, 15) is 4.57 Å². The molecular weight excluding hydrogens is 357 g/mol. The van der Waals surface area contributed by atoms with Gasteiger partial charge >= 0.3 is 7.75 Å². The summed E-state index contributed by atoms with van der Waals surface area (Å²) in [7, 11) is -3.48. The lowest BCUT2D eigenvalue weighted by Crippen LogP contribution is -2.37. The summed E-state index contributed by atoms with van der Waals surface area (Å²) in [6.45, 7) is 8.36. The van der Waals surface area contributed by atoms with Crippen molar-refractivity contribution >= 4 is 42.5 Å². The highest BCUT2D eigenvalue weighted by Gasteiger charge is 2.36. The monoisotopic (exact) mass is 382 g/mol. The Morgan fingerprint density at radius 2 is 1.57 bits per heavy atom. The van der Waals surface area contributed by atoms with Crippen molar-refractivity contribution in [3.05, 3.63) is 0 Å². The average molecular weight is 384 g/mol. The third-order valence-electron chi connectivity index (χ3n) is 2.98. The molecule has 9 heteroatoms. The minimum atomic E-state index is -3.48. The molecule has 0 radical (unpaired) electrons. The van der Waals surface area contributed by atoms with Gasteiger partial charge in [0.1, 0.15) is 6.23 Å². The first-order valence-electron chi connectivity index (χ1n) is 7.09. The van der Waals surface area contributed by atoms with Crippen LogP contribution in [0.2, 0.25) is 0 Å².